The largest absolute Gasteiger partial charge is 0.459 e. The molecule has 0 atom stereocenters. The summed E-state index contributed by atoms with van der Waals surface area (Å²) in [7, 11) is -3.65. The molecule has 3 aromatic heterocycles. The first-order valence-electron chi connectivity index (χ1n) is 8.73. The van der Waals surface area contributed by atoms with E-state index in [9.17, 15) is 13.2 Å². The fraction of sp³-hybridized carbons (Fsp3) is 0.353. The molecule has 0 unspecified atom stereocenters. The lowest BCUT2D eigenvalue weighted by Gasteiger charge is -2.33. The topological polar surface area (TPSA) is 110 Å². The summed E-state index contributed by atoms with van der Waals surface area (Å²) in [6, 6.07) is 4.81. The Hall–Kier alpha value is -2.50. The Kier molecular flexibility index (Phi) is 5.04. The molecule has 1 aliphatic rings. The van der Waals surface area contributed by atoms with Crippen LogP contribution < -0.4 is 0 Å². The van der Waals surface area contributed by atoms with E-state index in [1.54, 1.807) is 28.5 Å². The number of hydrogen-bond acceptors (Lipinski definition) is 8. The molecule has 1 amide bonds. The van der Waals surface area contributed by atoms with Gasteiger partial charge in [-0.15, -0.1) is 11.3 Å². The maximum absolute atomic E-state index is 12.9. The quantitative estimate of drug-likeness (QED) is 0.619. The van der Waals surface area contributed by atoms with Crippen LogP contribution >= 0.6 is 11.3 Å². The van der Waals surface area contributed by atoms with Crippen LogP contribution in [0, 0.1) is 0 Å². The number of rotatable bonds is 5. The lowest BCUT2D eigenvalue weighted by atomic mass is 10.3. The fourth-order valence-corrected chi connectivity index (χ4v) is 5.63. The van der Waals surface area contributed by atoms with Crippen molar-refractivity contribution in [1.82, 2.24) is 19.3 Å². The monoisotopic (exact) mass is 422 g/mol. The van der Waals surface area contributed by atoms with Gasteiger partial charge in [0.05, 0.1) is 6.26 Å². The highest BCUT2D eigenvalue weighted by atomic mass is 32.2. The van der Waals surface area contributed by atoms with Crippen molar-refractivity contribution in [3.8, 4) is 11.4 Å². The van der Waals surface area contributed by atoms with Crippen LogP contribution in [0.3, 0.4) is 0 Å². The molecular weight excluding hydrogens is 404 g/mol. The number of piperazine rings is 1. The van der Waals surface area contributed by atoms with Crippen molar-refractivity contribution >= 4 is 27.3 Å². The number of sulfonamides is 1. The van der Waals surface area contributed by atoms with Gasteiger partial charge in [-0.1, -0.05) is 12.1 Å². The van der Waals surface area contributed by atoms with E-state index < -0.39 is 10.0 Å². The van der Waals surface area contributed by atoms with Gasteiger partial charge in [-0.25, -0.2) is 8.42 Å². The van der Waals surface area contributed by atoms with Crippen LogP contribution in [-0.2, 0) is 16.4 Å². The minimum Gasteiger partial charge on any atom is -0.459 e. The summed E-state index contributed by atoms with van der Waals surface area (Å²) < 4.78 is 37.7. The molecule has 28 heavy (non-hydrogen) atoms. The standard InChI is InChI=1S/C17H18N4O5S2/c1-2-14-18-16(19-26-14)12-10-15(27-11-12)28(23,24)21-7-5-20(6-8-21)17(22)13-4-3-9-25-13/h3-4,9-11H,2,5-8H2,1H3. The molecule has 0 aromatic carbocycles. The lowest BCUT2D eigenvalue weighted by molar-refractivity contribution is 0.0666. The Morgan fingerprint density at radius 1 is 1.29 bits per heavy atom. The molecule has 1 aliphatic heterocycles. The third-order valence-electron chi connectivity index (χ3n) is 4.46. The Morgan fingerprint density at radius 2 is 2.07 bits per heavy atom. The highest BCUT2D eigenvalue weighted by Gasteiger charge is 2.32. The van der Waals surface area contributed by atoms with Crippen molar-refractivity contribution in [1.29, 1.82) is 0 Å². The third-order valence-corrected chi connectivity index (χ3v) is 7.77. The van der Waals surface area contributed by atoms with E-state index in [-0.39, 0.29) is 29.0 Å². The Balaban J connectivity index is 1.45. The van der Waals surface area contributed by atoms with Gasteiger partial charge < -0.3 is 13.8 Å². The number of nitrogens with zero attached hydrogens (tertiary/aromatic N) is 4. The van der Waals surface area contributed by atoms with E-state index in [0.717, 1.165) is 11.3 Å². The van der Waals surface area contributed by atoms with Crippen molar-refractivity contribution in [2.24, 2.45) is 0 Å². The molecular formula is C17H18N4O5S2. The zero-order valence-electron chi connectivity index (χ0n) is 15.1. The molecule has 11 heteroatoms. The van der Waals surface area contributed by atoms with Gasteiger partial charge in [0, 0.05) is 43.5 Å². The van der Waals surface area contributed by atoms with Gasteiger partial charge in [0.25, 0.3) is 15.9 Å². The maximum atomic E-state index is 12.9. The second-order valence-corrected chi connectivity index (χ2v) is 9.27. The number of carbonyl (C=O) groups excluding carboxylic acids is 1. The van der Waals surface area contributed by atoms with Crippen molar-refractivity contribution in [3.05, 3.63) is 41.5 Å². The van der Waals surface area contributed by atoms with Gasteiger partial charge >= 0.3 is 0 Å². The first-order chi connectivity index (χ1) is 13.5. The lowest BCUT2D eigenvalue weighted by Crippen LogP contribution is -2.50. The highest BCUT2D eigenvalue weighted by Crippen LogP contribution is 2.29. The smallest absolute Gasteiger partial charge is 0.289 e. The van der Waals surface area contributed by atoms with Gasteiger partial charge in [-0.05, 0) is 18.2 Å². The van der Waals surface area contributed by atoms with Crippen LogP contribution in [0.4, 0.5) is 0 Å². The summed E-state index contributed by atoms with van der Waals surface area (Å²) in [6.45, 7) is 2.97. The first kappa shape index (κ1) is 18.8. The van der Waals surface area contributed by atoms with Crippen LogP contribution in [0.25, 0.3) is 11.4 Å². The molecule has 0 saturated carbocycles. The van der Waals surface area contributed by atoms with Crippen molar-refractivity contribution < 1.29 is 22.2 Å². The van der Waals surface area contributed by atoms with Crippen LogP contribution in [-0.4, -0.2) is 59.8 Å². The van der Waals surface area contributed by atoms with Crippen molar-refractivity contribution in [2.75, 3.05) is 26.2 Å². The number of thiophene rings is 1. The van der Waals surface area contributed by atoms with Crippen LogP contribution in [0.2, 0.25) is 0 Å². The summed E-state index contributed by atoms with van der Waals surface area (Å²) in [5, 5.41) is 5.58. The molecule has 4 rings (SSSR count). The number of aryl methyl sites for hydroxylation is 1. The molecule has 0 spiro atoms. The minimum absolute atomic E-state index is 0.219. The SMILES string of the molecule is CCc1nc(-c2csc(S(=O)(=O)N3CCN(C(=O)c4ccco4)CC3)c2)no1. The summed E-state index contributed by atoms with van der Waals surface area (Å²) in [4.78, 5) is 18.1. The minimum atomic E-state index is -3.65. The number of carbonyl (C=O) groups is 1. The maximum Gasteiger partial charge on any atom is 0.289 e. The molecule has 148 valence electrons. The number of furan rings is 1. The normalized spacial score (nSPS) is 15.8. The van der Waals surface area contributed by atoms with E-state index in [1.165, 1.54) is 10.6 Å². The molecule has 1 saturated heterocycles. The number of aromatic nitrogens is 2. The van der Waals surface area contributed by atoms with Gasteiger partial charge in [0.15, 0.2) is 5.76 Å². The van der Waals surface area contributed by atoms with Gasteiger partial charge in [-0.2, -0.15) is 9.29 Å². The molecule has 0 aliphatic carbocycles. The number of amides is 1. The average molecular weight is 422 g/mol. The molecule has 0 bridgehead atoms. The summed E-state index contributed by atoms with van der Waals surface area (Å²) in [6.07, 6.45) is 2.05. The van der Waals surface area contributed by atoms with E-state index in [0.29, 0.717) is 36.8 Å². The molecule has 0 N–H and O–H groups in total. The fourth-order valence-electron chi connectivity index (χ4n) is 2.90. The third kappa shape index (κ3) is 3.48. The molecule has 4 heterocycles. The molecule has 0 radical (unpaired) electrons. The average Bonchev–Trinajstić information content (AvgIpc) is 3.48. The molecule has 9 nitrogen and oxygen atoms in total. The van der Waals surface area contributed by atoms with Crippen LogP contribution in [0.15, 0.2) is 43.0 Å². The van der Waals surface area contributed by atoms with Crippen LogP contribution in [0.1, 0.15) is 23.4 Å². The van der Waals surface area contributed by atoms with E-state index in [1.807, 2.05) is 6.92 Å². The summed E-state index contributed by atoms with van der Waals surface area (Å²) in [5.41, 5.74) is 0.610. The first-order valence-corrected chi connectivity index (χ1v) is 11.1. The molecule has 3 aromatic rings. The predicted molar refractivity (Wildman–Crippen MR) is 100 cm³/mol. The summed E-state index contributed by atoms with van der Waals surface area (Å²) >= 11 is 1.12. The van der Waals surface area contributed by atoms with E-state index in [2.05, 4.69) is 10.1 Å². The van der Waals surface area contributed by atoms with Gasteiger partial charge in [0.1, 0.15) is 4.21 Å². The highest BCUT2D eigenvalue weighted by molar-refractivity contribution is 7.91. The zero-order chi connectivity index (χ0) is 19.7. The second-order valence-electron chi connectivity index (χ2n) is 6.19. The van der Waals surface area contributed by atoms with Crippen molar-refractivity contribution in [3.63, 3.8) is 0 Å². The van der Waals surface area contributed by atoms with Crippen LogP contribution in [0.5, 0.6) is 0 Å². The Bertz CT molecular complexity index is 1060. The Morgan fingerprint density at radius 3 is 2.71 bits per heavy atom. The van der Waals surface area contributed by atoms with Gasteiger partial charge in [0.2, 0.25) is 11.7 Å². The predicted octanol–water partition coefficient (Wildman–Crippen LogP) is 2.10. The number of hydrogen-bond donors (Lipinski definition) is 0. The Labute approximate surface area is 165 Å². The van der Waals surface area contributed by atoms with E-state index in [4.69, 9.17) is 8.94 Å². The zero-order valence-corrected chi connectivity index (χ0v) is 16.7. The van der Waals surface area contributed by atoms with Gasteiger partial charge in [-0.3, -0.25) is 4.79 Å². The molecule has 1 fully saturated rings. The van der Waals surface area contributed by atoms with E-state index >= 15 is 0 Å². The second kappa shape index (κ2) is 7.49. The summed E-state index contributed by atoms with van der Waals surface area (Å²) in [5.74, 6) is 0.904. The van der Waals surface area contributed by atoms with Crippen molar-refractivity contribution in [2.45, 2.75) is 17.6 Å².